The van der Waals surface area contributed by atoms with Crippen LogP contribution in [0.25, 0.3) is 0 Å². The van der Waals surface area contributed by atoms with Crippen molar-refractivity contribution in [2.24, 2.45) is 0 Å². The van der Waals surface area contributed by atoms with Gasteiger partial charge in [0.05, 0.1) is 22.4 Å². The molecule has 0 fully saturated rings. The maximum atomic E-state index is 13.2. The Bertz CT molecular complexity index is 1030. The van der Waals surface area contributed by atoms with E-state index >= 15 is 0 Å². The lowest BCUT2D eigenvalue weighted by atomic mass is 10.0. The van der Waals surface area contributed by atoms with Crippen molar-refractivity contribution in [3.05, 3.63) is 64.7 Å². The number of para-hydroxylation sites is 1. The normalized spacial score (nSPS) is 15.7. The first-order valence-corrected chi connectivity index (χ1v) is 9.72. The number of nitrogens with one attached hydrogen (secondary N) is 1. The number of imide groups is 1. The lowest BCUT2D eigenvalue weighted by Gasteiger charge is -2.22. The Morgan fingerprint density at radius 1 is 1.00 bits per heavy atom. The van der Waals surface area contributed by atoms with E-state index in [1.54, 1.807) is 36.4 Å². The highest BCUT2D eigenvalue weighted by Crippen LogP contribution is 2.27. The molecule has 2 aromatic rings. The van der Waals surface area contributed by atoms with E-state index in [0.717, 1.165) is 12.8 Å². The summed E-state index contributed by atoms with van der Waals surface area (Å²) in [5.74, 6) is -1.21. The molecule has 2 aliphatic heterocycles. The van der Waals surface area contributed by atoms with E-state index in [1.807, 2.05) is 6.92 Å². The molecule has 4 amide bonds. The summed E-state index contributed by atoms with van der Waals surface area (Å²) < 4.78 is 0. The molecule has 29 heavy (non-hydrogen) atoms. The third-order valence-electron chi connectivity index (χ3n) is 5.26. The van der Waals surface area contributed by atoms with Gasteiger partial charge in [0.1, 0.15) is 0 Å². The molecule has 148 valence electrons. The minimum atomic E-state index is -0.360. The number of carbonyl (C=O) groups excluding carboxylic acids is 4. The van der Waals surface area contributed by atoms with Crippen molar-refractivity contribution in [1.29, 1.82) is 0 Å². The summed E-state index contributed by atoms with van der Waals surface area (Å²) in [6, 6.07) is 11.5. The van der Waals surface area contributed by atoms with Gasteiger partial charge in [-0.1, -0.05) is 25.5 Å². The highest BCUT2D eigenvalue weighted by Gasteiger charge is 2.36. The quantitative estimate of drug-likeness (QED) is 0.811. The molecule has 0 aromatic heterocycles. The van der Waals surface area contributed by atoms with Crippen LogP contribution in [0.1, 0.15) is 61.2 Å². The van der Waals surface area contributed by atoms with Crippen molar-refractivity contribution in [2.45, 2.75) is 19.8 Å². The molecule has 4 rings (SSSR count). The van der Waals surface area contributed by atoms with Gasteiger partial charge in [-0.25, -0.2) is 0 Å². The summed E-state index contributed by atoms with van der Waals surface area (Å²) in [6.07, 6.45) is 1.61. The van der Waals surface area contributed by atoms with E-state index in [1.165, 1.54) is 15.9 Å². The van der Waals surface area contributed by atoms with E-state index in [2.05, 4.69) is 5.32 Å². The maximum absolute atomic E-state index is 13.2. The van der Waals surface area contributed by atoms with Crippen molar-refractivity contribution in [3.63, 3.8) is 0 Å². The number of anilines is 1. The molecule has 2 aromatic carbocycles. The maximum Gasteiger partial charge on any atom is 0.261 e. The lowest BCUT2D eigenvalue weighted by molar-refractivity contribution is 0.0651. The van der Waals surface area contributed by atoms with E-state index in [-0.39, 0.29) is 29.2 Å². The number of benzene rings is 2. The number of rotatable bonds is 4. The predicted molar refractivity (Wildman–Crippen MR) is 107 cm³/mol. The molecule has 0 saturated heterocycles. The van der Waals surface area contributed by atoms with Crippen LogP contribution in [0.4, 0.5) is 5.69 Å². The van der Waals surface area contributed by atoms with Crippen LogP contribution in [-0.4, -0.2) is 48.2 Å². The van der Waals surface area contributed by atoms with Crippen molar-refractivity contribution in [2.75, 3.05) is 24.5 Å². The zero-order chi connectivity index (χ0) is 20.5. The van der Waals surface area contributed by atoms with Crippen molar-refractivity contribution >= 4 is 29.3 Å². The first kappa shape index (κ1) is 18.9. The summed E-state index contributed by atoms with van der Waals surface area (Å²) in [5, 5.41) is 2.78. The molecule has 2 aliphatic rings. The fraction of sp³-hybridized carbons (Fsp3) is 0.273. The van der Waals surface area contributed by atoms with E-state index in [9.17, 15) is 19.2 Å². The Labute approximate surface area is 168 Å². The molecule has 0 radical (unpaired) electrons. The van der Waals surface area contributed by atoms with Crippen molar-refractivity contribution in [1.82, 2.24) is 10.2 Å². The second-order valence-corrected chi connectivity index (χ2v) is 7.11. The van der Waals surface area contributed by atoms with Crippen molar-refractivity contribution < 1.29 is 19.2 Å². The summed E-state index contributed by atoms with van der Waals surface area (Å²) in [6.45, 7) is 3.01. The number of hydrogen-bond donors (Lipinski definition) is 1. The summed E-state index contributed by atoms with van der Waals surface area (Å²) in [4.78, 5) is 53.4. The van der Waals surface area contributed by atoms with Crippen LogP contribution >= 0.6 is 0 Å². The van der Waals surface area contributed by atoms with Crippen LogP contribution in [-0.2, 0) is 0 Å². The Hall–Kier alpha value is -3.48. The van der Waals surface area contributed by atoms with Gasteiger partial charge >= 0.3 is 0 Å². The van der Waals surface area contributed by atoms with Gasteiger partial charge in [0, 0.05) is 25.2 Å². The molecule has 1 N–H and O–H groups in total. The van der Waals surface area contributed by atoms with Crippen molar-refractivity contribution in [3.8, 4) is 0 Å². The molecule has 0 atom stereocenters. The number of unbranched alkanes of at least 4 members (excludes halogenated alkanes) is 1. The minimum absolute atomic E-state index is 0.225. The summed E-state index contributed by atoms with van der Waals surface area (Å²) in [5.41, 5.74) is 1.85. The van der Waals surface area contributed by atoms with E-state index in [0.29, 0.717) is 42.0 Å². The van der Waals surface area contributed by atoms with Crippen LogP contribution in [0.3, 0.4) is 0 Å². The average Bonchev–Trinajstić information content (AvgIpc) is 2.87. The molecule has 0 bridgehead atoms. The molecular formula is C22H21N3O4. The molecule has 0 aliphatic carbocycles. The topological polar surface area (TPSA) is 86.8 Å². The molecule has 7 nitrogen and oxygen atoms in total. The SMILES string of the molecule is CCCCN1C(=O)c2ccc(C(=O)N3CCNC(=O)c4ccccc43)cc2C1=O. The fourth-order valence-electron chi connectivity index (χ4n) is 3.71. The van der Waals surface area contributed by atoms with Crippen LogP contribution in [0.5, 0.6) is 0 Å². The van der Waals surface area contributed by atoms with Crippen LogP contribution in [0.2, 0.25) is 0 Å². The first-order valence-electron chi connectivity index (χ1n) is 9.72. The Kier molecular flexibility index (Phi) is 4.88. The third kappa shape index (κ3) is 3.18. The smallest absolute Gasteiger partial charge is 0.261 e. The predicted octanol–water partition coefficient (Wildman–Crippen LogP) is 2.47. The largest absolute Gasteiger partial charge is 0.350 e. The highest BCUT2D eigenvalue weighted by atomic mass is 16.2. The molecule has 2 heterocycles. The van der Waals surface area contributed by atoms with Gasteiger partial charge < -0.3 is 10.2 Å². The fourth-order valence-corrected chi connectivity index (χ4v) is 3.71. The van der Waals surface area contributed by atoms with Gasteiger partial charge in [-0.15, -0.1) is 0 Å². The van der Waals surface area contributed by atoms with Gasteiger partial charge in [0.25, 0.3) is 23.6 Å². The number of nitrogens with zero attached hydrogens (tertiary/aromatic N) is 2. The second kappa shape index (κ2) is 7.50. The first-order chi connectivity index (χ1) is 14.0. The zero-order valence-corrected chi connectivity index (χ0v) is 16.1. The van der Waals surface area contributed by atoms with Gasteiger partial charge in [0.15, 0.2) is 0 Å². The summed E-state index contributed by atoms with van der Waals surface area (Å²) >= 11 is 0. The zero-order valence-electron chi connectivity index (χ0n) is 16.1. The molecule has 0 unspecified atom stereocenters. The number of hydrogen-bond acceptors (Lipinski definition) is 4. The van der Waals surface area contributed by atoms with Crippen LogP contribution in [0, 0.1) is 0 Å². The van der Waals surface area contributed by atoms with Crippen LogP contribution < -0.4 is 10.2 Å². The van der Waals surface area contributed by atoms with Gasteiger partial charge in [-0.3, -0.25) is 24.1 Å². The van der Waals surface area contributed by atoms with Gasteiger partial charge in [-0.2, -0.15) is 0 Å². The number of fused-ring (bicyclic) bond motifs is 2. The molecular weight excluding hydrogens is 370 g/mol. The highest BCUT2D eigenvalue weighted by molar-refractivity contribution is 6.22. The number of amides is 4. The Morgan fingerprint density at radius 2 is 1.76 bits per heavy atom. The average molecular weight is 391 g/mol. The monoisotopic (exact) mass is 391 g/mol. The van der Waals surface area contributed by atoms with Gasteiger partial charge in [0.2, 0.25) is 0 Å². The Balaban J connectivity index is 1.68. The second-order valence-electron chi connectivity index (χ2n) is 7.11. The standard InChI is InChI=1S/C22H21N3O4/c1-2-3-11-25-21(28)15-9-8-14(13-17(15)22(25)29)20(27)24-12-10-23-19(26)16-6-4-5-7-18(16)24/h4-9,13H,2-3,10-12H2,1H3,(H,23,26). The third-order valence-corrected chi connectivity index (χ3v) is 5.26. The lowest BCUT2D eigenvalue weighted by Crippen LogP contribution is -2.35. The minimum Gasteiger partial charge on any atom is -0.350 e. The summed E-state index contributed by atoms with van der Waals surface area (Å²) in [7, 11) is 0. The number of carbonyl (C=O) groups is 4. The molecule has 0 spiro atoms. The van der Waals surface area contributed by atoms with Crippen LogP contribution in [0.15, 0.2) is 42.5 Å². The Morgan fingerprint density at radius 3 is 2.55 bits per heavy atom. The van der Waals surface area contributed by atoms with E-state index < -0.39 is 0 Å². The molecule has 0 saturated carbocycles. The molecule has 7 heteroatoms. The van der Waals surface area contributed by atoms with E-state index in [4.69, 9.17) is 0 Å². The van der Waals surface area contributed by atoms with Gasteiger partial charge in [-0.05, 0) is 36.8 Å².